The fourth-order valence-electron chi connectivity index (χ4n) is 7.53. The highest BCUT2D eigenvalue weighted by molar-refractivity contribution is 6.39. The summed E-state index contributed by atoms with van der Waals surface area (Å²) in [6, 6.07) is 10.1. The maximum absolute atomic E-state index is 14.6. The molecule has 0 bridgehead atoms. The highest BCUT2D eigenvalue weighted by Crippen LogP contribution is 2.43. The molecular weight excluding hydrogens is 784 g/mol. The SMILES string of the molecule is CCCCCCCCCCCC(c1cc(C(F)(F)F)ccc1OB(Oc1ccc(C(F)(F)F)cc1)Oc1ccc(C(F)(F)F)cc1)[N+](CCCC)(CCCC)CCCC. The summed E-state index contributed by atoms with van der Waals surface area (Å²) in [5, 5.41) is 0. The minimum Gasteiger partial charge on any atom is -0.490 e. The van der Waals surface area contributed by atoms with Crippen molar-refractivity contribution in [1.82, 2.24) is 0 Å². The molecule has 0 fully saturated rings. The Labute approximate surface area is 345 Å². The Morgan fingerprint density at radius 3 is 1.22 bits per heavy atom. The van der Waals surface area contributed by atoms with Crippen molar-refractivity contribution in [2.45, 2.75) is 155 Å². The van der Waals surface area contributed by atoms with E-state index in [9.17, 15) is 39.5 Å². The van der Waals surface area contributed by atoms with E-state index in [0.717, 1.165) is 151 Å². The summed E-state index contributed by atoms with van der Waals surface area (Å²) in [7, 11) is -1.82. The second kappa shape index (κ2) is 24.0. The van der Waals surface area contributed by atoms with E-state index in [1.54, 1.807) is 0 Å². The summed E-state index contributed by atoms with van der Waals surface area (Å²) in [5.41, 5.74) is -2.45. The molecule has 3 aromatic carbocycles. The van der Waals surface area contributed by atoms with E-state index in [1.165, 1.54) is 31.7 Å². The Hall–Kier alpha value is -3.55. The van der Waals surface area contributed by atoms with Crippen molar-refractivity contribution >= 4 is 7.32 Å². The van der Waals surface area contributed by atoms with Crippen molar-refractivity contribution in [3.05, 3.63) is 89.0 Å². The van der Waals surface area contributed by atoms with Gasteiger partial charge in [0.25, 0.3) is 0 Å². The van der Waals surface area contributed by atoms with E-state index in [1.807, 2.05) is 0 Å². The summed E-state index contributed by atoms with van der Waals surface area (Å²) >= 11 is 0. The average Bonchev–Trinajstić information content (AvgIpc) is 3.18. The van der Waals surface area contributed by atoms with Crippen LogP contribution in [0.2, 0.25) is 0 Å². The fourth-order valence-corrected chi connectivity index (χ4v) is 7.53. The molecule has 59 heavy (non-hydrogen) atoms. The standard InChI is InChI=1S/C45H62BF9NO3/c1-5-9-13-14-15-16-17-18-19-20-41(56(31-10-6-2,32-11-7-3)33-12-8-4)40-34-37(45(53,54)55)25-30-42(40)59-46(57-38-26-21-35(22-27-38)43(47,48)49)58-39-28-23-36(24-29-39)44(50,51)52/h21-30,34,41H,5-20,31-33H2,1-4H3/q+1. The second-order valence-corrected chi connectivity index (χ2v) is 15.5. The highest BCUT2D eigenvalue weighted by atomic mass is 19.4. The van der Waals surface area contributed by atoms with Crippen molar-refractivity contribution in [2.24, 2.45) is 0 Å². The lowest BCUT2D eigenvalue weighted by Crippen LogP contribution is -2.53. The van der Waals surface area contributed by atoms with E-state index in [-0.39, 0.29) is 17.2 Å². The normalized spacial score (nSPS) is 13.0. The molecule has 1 atom stereocenters. The van der Waals surface area contributed by atoms with Gasteiger partial charge in [-0.25, -0.2) is 0 Å². The van der Waals surface area contributed by atoms with Gasteiger partial charge < -0.3 is 18.4 Å². The molecule has 330 valence electrons. The summed E-state index contributed by atoms with van der Waals surface area (Å²) in [5.74, 6) is -0.239. The minimum absolute atomic E-state index is 0.0229. The van der Waals surface area contributed by atoms with E-state index in [2.05, 4.69) is 27.7 Å². The van der Waals surface area contributed by atoms with E-state index in [4.69, 9.17) is 14.0 Å². The Bertz CT molecular complexity index is 1530. The predicted molar refractivity (Wildman–Crippen MR) is 216 cm³/mol. The van der Waals surface area contributed by atoms with Gasteiger partial charge in [0.2, 0.25) is 0 Å². The molecule has 0 amide bonds. The monoisotopic (exact) mass is 846 g/mol. The molecule has 0 saturated heterocycles. The molecule has 3 aromatic rings. The number of hydrogen-bond acceptors (Lipinski definition) is 3. The van der Waals surface area contributed by atoms with Gasteiger partial charge >= 0.3 is 25.9 Å². The number of nitrogens with zero attached hydrogens (tertiary/aromatic N) is 1. The molecule has 4 nitrogen and oxygen atoms in total. The van der Waals surface area contributed by atoms with Gasteiger partial charge in [0, 0.05) is 6.42 Å². The van der Waals surface area contributed by atoms with Crippen LogP contribution in [0.15, 0.2) is 66.7 Å². The first kappa shape index (κ1) is 49.8. The zero-order chi connectivity index (χ0) is 43.5. The van der Waals surface area contributed by atoms with Crippen molar-refractivity contribution < 1.29 is 58.0 Å². The summed E-state index contributed by atoms with van der Waals surface area (Å²) in [6.07, 6.45) is 1.51. The van der Waals surface area contributed by atoms with Gasteiger partial charge in [0.05, 0.1) is 41.9 Å². The van der Waals surface area contributed by atoms with Crippen LogP contribution in [-0.2, 0) is 18.5 Å². The third kappa shape index (κ3) is 16.4. The van der Waals surface area contributed by atoms with Crippen LogP contribution in [0.1, 0.15) is 159 Å². The van der Waals surface area contributed by atoms with E-state index < -0.39 is 48.6 Å². The van der Waals surface area contributed by atoms with Gasteiger partial charge in [-0.15, -0.1) is 0 Å². The smallest absolute Gasteiger partial charge is 0.490 e. The van der Waals surface area contributed by atoms with Crippen molar-refractivity contribution in [3.8, 4) is 17.2 Å². The largest absolute Gasteiger partial charge is 0.864 e. The molecule has 0 spiro atoms. The van der Waals surface area contributed by atoms with Gasteiger partial charge in [-0.05, 0) is 92.4 Å². The third-order valence-corrected chi connectivity index (χ3v) is 10.9. The molecule has 0 radical (unpaired) electrons. The summed E-state index contributed by atoms with van der Waals surface area (Å²) in [4.78, 5) is 0. The third-order valence-electron chi connectivity index (χ3n) is 10.9. The number of halogens is 9. The Kier molecular flexibility index (Phi) is 20.3. The van der Waals surface area contributed by atoms with Gasteiger partial charge in [0.15, 0.2) is 0 Å². The van der Waals surface area contributed by atoms with Crippen LogP contribution < -0.4 is 14.0 Å². The number of alkyl halides is 9. The lowest BCUT2D eigenvalue weighted by molar-refractivity contribution is -0.958. The number of rotatable bonds is 27. The maximum atomic E-state index is 14.6. The van der Waals surface area contributed by atoms with Crippen LogP contribution >= 0.6 is 0 Å². The van der Waals surface area contributed by atoms with Crippen molar-refractivity contribution in [3.63, 3.8) is 0 Å². The average molecular weight is 847 g/mol. The lowest BCUT2D eigenvalue weighted by atomic mass is 9.91. The van der Waals surface area contributed by atoms with Gasteiger partial charge in [-0.1, -0.05) is 98.3 Å². The van der Waals surface area contributed by atoms with Gasteiger partial charge in [0.1, 0.15) is 23.3 Å². The number of unbranched alkanes of at least 4 members (excludes halogenated alkanes) is 11. The first-order valence-electron chi connectivity index (χ1n) is 21.4. The fraction of sp³-hybridized carbons (Fsp3) is 0.600. The lowest BCUT2D eigenvalue weighted by Gasteiger charge is -2.46. The molecule has 0 heterocycles. The molecular formula is C45H62BF9NO3+. The van der Waals surface area contributed by atoms with E-state index in [0.29, 0.717) is 16.5 Å². The number of benzene rings is 3. The molecule has 0 aromatic heterocycles. The molecule has 0 aliphatic rings. The summed E-state index contributed by atoms with van der Waals surface area (Å²) < 4.78 is 143. The summed E-state index contributed by atoms with van der Waals surface area (Å²) in [6.45, 7) is 10.7. The number of hydrogen-bond donors (Lipinski definition) is 0. The first-order valence-corrected chi connectivity index (χ1v) is 21.4. The topological polar surface area (TPSA) is 27.7 Å². The number of quaternary nitrogens is 1. The van der Waals surface area contributed by atoms with Crippen LogP contribution in [0.5, 0.6) is 17.2 Å². The Morgan fingerprint density at radius 1 is 0.458 bits per heavy atom. The molecule has 1 unspecified atom stereocenters. The van der Waals surface area contributed by atoms with Crippen molar-refractivity contribution in [2.75, 3.05) is 19.6 Å². The second-order valence-electron chi connectivity index (χ2n) is 15.5. The van der Waals surface area contributed by atoms with Crippen LogP contribution in [0.4, 0.5) is 39.5 Å². The zero-order valence-electron chi connectivity index (χ0n) is 35.0. The predicted octanol–water partition coefficient (Wildman–Crippen LogP) is 15.4. The van der Waals surface area contributed by atoms with Gasteiger partial charge in [-0.3, -0.25) is 0 Å². The molecule has 3 rings (SSSR count). The molecule has 0 aliphatic carbocycles. The van der Waals surface area contributed by atoms with Crippen LogP contribution in [-0.4, -0.2) is 31.4 Å². The van der Waals surface area contributed by atoms with Crippen molar-refractivity contribution in [1.29, 1.82) is 0 Å². The van der Waals surface area contributed by atoms with Crippen LogP contribution in [0.3, 0.4) is 0 Å². The molecule has 0 aliphatic heterocycles. The van der Waals surface area contributed by atoms with Crippen LogP contribution in [0, 0.1) is 0 Å². The molecule has 0 saturated carbocycles. The van der Waals surface area contributed by atoms with Gasteiger partial charge in [-0.2, -0.15) is 39.5 Å². The first-order chi connectivity index (χ1) is 28.0. The minimum atomic E-state index is -4.69. The molecule has 0 N–H and O–H groups in total. The Balaban J connectivity index is 2.16. The zero-order valence-corrected chi connectivity index (χ0v) is 35.0. The Morgan fingerprint density at radius 2 is 0.831 bits per heavy atom. The van der Waals surface area contributed by atoms with E-state index >= 15 is 0 Å². The quantitative estimate of drug-likeness (QED) is 0.0331. The highest BCUT2D eigenvalue weighted by Gasteiger charge is 2.42. The van der Waals surface area contributed by atoms with Crippen LogP contribution in [0.25, 0.3) is 0 Å². The maximum Gasteiger partial charge on any atom is 0.864 e. The molecule has 14 heteroatoms.